The summed E-state index contributed by atoms with van der Waals surface area (Å²) in [6.45, 7) is 8.37. The lowest BCUT2D eigenvalue weighted by Gasteiger charge is -2.41. The van der Waals surface area contributed by atoms with E-state index in [0.717, 1.165) is 51.5 Å². The molecule has 1 N–H and O–H groups in total. The van der Waals surface area contributed by atoms with Crippen molar-refractivity contribution >= 4 is 11.3 Å². The predicted molar refractivity (Wildman–Crippen MR) is 93.4 cm³/mol. The van der Waals surface area contributed by atoms with E-state index < -0.39 is 0 Å². The van der Waals surface area contributed by atoms with Crippen molar-refractivity contribution < 1.29 is 5.11 Å². The van der Waals surface area contributed by atoms with E-state index in [0.29, 0.717) is 6.04 Å². The zero-order chi connectivity index (χ0) is 16.1. The maximum absolute atomic E-state index is 9.43. The second-order valence-electron chi connectivity index (χ2n) is 6.13. The van der Waals surface area contributed by atoms with Crippen LogP contribution in [-0.4, -0.2) is 56.7 Å². The average molecular weight is 334 g/mol. The molecule has 0 spiro atoms. The van der Waals surface area contributed by atoms with E-state index in [1.807, 2.05) is 12.4 Å². The Bertz CT molecular complexity index is 583. The van der Waals surface area contributed by atoms with E-state index in [2.05, 4.69) is 43.1 Å². The van der Waals surface area contributed by atoms with Crippen LogP contribution in [0.15, 0.2) is 29.2 Å². The minimum absolute atomic E-state index is 0.252. The molecular formula is C17H26N4OS. The lowest BCUT2D eigenvalue weighted by molar-refractivity contribution is 0.0483. The molecule has 1 unspecified atom stereocenters. The molecule has 0 amide bonds. The molecule has 1 saturated heterocycles. The fraction of sp³-hybridized carbons (Fsp3) is 0.588. The molecule has 1 aliphatic rings. The van der Waals surface area contributed by atoms with Gasteiger partial charge in [0.1, 0.15) is 5.82 Å². The fourth-order valence-electron chi connectivity index (χ4n) is 3.33. The van der Waals surface area contributed by atoms with Crippen molar-refractivity contribution in [3.05, 3.63) is 40.6 Å². The monoisotopic (exact) mass is 334 g/mol. The van der Waals surface area contributed by atoms with Gasteiger partial charge in [0.15, 0.2) is 0 Å². The van der Waals surface area contributed by atoms with E-state index in [4.69, 9.17) is 0 Å². The Morgan fingerprint density at radius 1 is 1.35 bits per heavy atom. The molecule has 2 aromatic heterocycles. The van der Waals surface area contributed by atoms with Gasteiger partial charge in [0.25, 0.3) is 0 Å². The highest BCUT2D eigenvalue weighted by atomic mass is 32.1. The van der Waals surface area contributed by atoms with Gasteiger partial charge in [-0.2, -0.15) is 11.3 Å². The lowest BCUT2D eigenvalue weighted by Crippen LogP contribution is -2.52. The smallest absolute Gasteiger partial charge is 0.122 e. The minimum Gasteiger partial charge on any atom is -0.396 e. The number of aliphatic hydroxyl groups is 1. The first-order valence-corrected chi connectivity index (χ1v) is 9.32. The largest absolute Gasteiger partial charge is 0.396 e. The molecule has 0 aromatic carbocycles. The summed E-state index contributed by atoms with van der Waals surface area (Å²) in [6, 6.07) is 2.61. The van der Waals surface area contributed by atoms with Gasteiger partial charge in [-0.1, -0.05) is 0 Å². The number of aromatic nitrogens is 2. The third kappa shape index (κ3) is 4.20. The summed E-state index contributed by atoms with van der Waals surface area (Å²) in [5.41, 5.74) is 1.38. The summed E-state index contributed by atoms with van der Waals surface area (Å²) in [7, 11) is 0. The Labute approximate surface area is 142 Å². The Morgan fingerprint density at radius 2 is 2.26 bits per heavy atom. The molecule has 2 aromatic rings. The normalized spacial score (nSPS) is 20.2. The molecule has 126 valence electrons. The van der Waals surface area contributed by atoms with Crippen molar-refractivity contribution in [3.63, 3.8) is 0 Å². The number of nitrogens with zero attached hydrogens (tertiary/aromatic N) is 4. The molecule has 23 heavy (non-hydrogen) atoms. The molecule has 0 radical (unpaired) electrons. The number of hydrogen-bond acceptors (Lipinski definition) is 5. The van der Waals surface area contributed by atoms with Gasteiger partial charge >= 0.3 is 0 Å². The van der Waals surface area contributed by atoms with E-state index in [-0.39, 0.29) is 6.61 Å². The number of aryl methyl sites for hydroxylation is 1. The Balaban J connectivity index is 1.61. The first-order valence-electron chi connectivity index (χ1n) is 8.38. The summed E-state index contributed by atoms with van der Waals surface area (Å²) in [5.74, 6) is 1.14. The van der Waals surface area contributed by atoms with Crippen LogP contribution in [0.3, 0.4) is 0 Å². The standard InChI is InChI=1S/C17H26N4OS/c1-2-20-6-5-18-17(20)13-19-7-8-21(16(12-19)3-9-22)11-15-4-10-23-14-15/h4-6,10,14,16,22H,2-3,7-9,11-13H2,1H3. The van der Waals surface area contributed by atoms with Crippen molar-refractivity contribution in [2.24, 2.45) is 0 Å². The van der Waals surface area contributed by atoms with Crippen LogP contribution < -0.4 is 0 Å². The third-order valence-electron chi connectivity index (χ3n) is 4.62. The summed E-state index contributed by atoms with van der Waals surface area (Å²) < 4.78 is 2.21. The van der Waals surface area contributed by atoms with Gasteiger partial charge in [-0.15, -0.1) is 0 Å². The fourth-order valence-corrected chi connectivity index (χ4v) is 3.99. The summed E-state index contributed by atoms with van der Waals surface area (Å²) in [4.78, 5) is 9.48. The van der Waals surface area contributed by atoms with E-state index in [1.54, 1.807) is 11.3 Å². The van der Waals surface area contributed by atoms with Crippen LogP contribution in [-0.2, 0) is 19.6 Å². The first-order chi connectivity index (χ1) is 11.3. The van der Waals surface area contributed by atoms with Crippen molar-refractivity contribution in [2.45, 2.75) is 39.0 Å². The number of hydrogen-bond donors (Lipinski definition) is 1. The van der Waals surface area contributed by atoms with Crippen LogP contribution in [0.1, 0.15) is 24.7 Å². The molecule has 3 rings (SSSR count). The van der Waals surface area contributed by atoms with Crippen molar-refractivity contribution in [2.75, 3.05) is 26.2 Å². The SMILES string of the molecule is CCn1ccnc1CN1CCN(Cc2ccsc2)C(CCO)C1. The van der Waals surface area contributed by atoms with Crippen molar-refractivity contribution in [1.29, 1.82) is 0 Å². The molecule has 3 heterocycles. The maximum atomic E-state index is 9.43. The van der Waals surface area contributed by atoms with E-state index in [9.17, 15) is 5.11 Å². The van der Waals surface area contributed by atoms with Crippen LogP contribution in [0.2, 0.25) is 0 Å². The van der Waals surface area contributed by atoms with Gasteiger partial charge in [0, 0.05) is 57.8 Å². The summed E-state index contributed by atoms with van der Waals surface area (Å²) >= 11 is 1.75. The summed E-state index contributed by atoms with van der Waals surface area (Å²) in [5, 5.41) is 13.8. The molecule has 0 aliphatic carbocycles. The van der Waals surface area contributed by atoms with Gasteiger partial charge in [-0.3, -0.25) is 9.80 Å². The number of thiophene rings is 1. The molecule has 0 bridgehead atoms. The maximum Gasteiger partial charge on any atom is 0.122 e. The average Bonchev–Trinajstić information content (AvgIpc) is 3.21. The second kappa shape index (κ2) is 8.06. The predicted octanol–water partition coefficient (Wildman–Crippen LogP) is 2.03. The molecule has 1 atom stereocenters. The Kier molecular flexibility index (Phi) is 5.83. The number of piperazine rings is 1. The number of rotatable bonds is 7. The highest BCUT2D eigenvalue weighted by Gasteiger charge is 2.27. The third-order valence-corrected chi connectivity index (χ3v) is 5.36. The van der Waals surface area contributed by atoms with E-state index >= 15 is 0 Å². The summed E-state index contributed by atoms with van der Waals surface area (Å²) in [6.07, 6.45) is 4.77. The van der Waals surface area contributed by atoms with E-state index in [1.165, 1.54) is 5.56 Å². The molecule has 1 aliphatic heterocycles. The minimum atomic E-state index is 0.252. The first kappa shape index (κ1) is 16.6. The number of imidazole rings is 1. The van der Waals surface area contributed by atoms with Gasteiger partial charge in [0.2, 0.25) is 0 Å². The molecule has 1 fully saturated rings. The van der Waals surface area contributed by atoms with Gasteiger partial charge in [0.05, 0.1) is 6.54 Å². The zero-order valence-electron chi connectivity index (χ0n) is 13.8. The number of aliphatic hydroxyl groups excluding tert-OH is 1. The lowest BCUT2D eigenvalue weighted by atomic mass is 10.1. The van der Waals surface area contributed by atoms with Crippen LogP contribution >= 0.6 is 11.3 Å². The van der Waals surface area contributed by atoms with Crippen LogP contribution in [0.4, 0.5) is 0 Å². The van der Waals surface area contributed by atoms with Crippen LogP contribution in [0.5, 0.6) is 0 Å². The van der Waals surface area contributed by atoms with Crippen molar-refractivity contribution in [3.8, 4) is 0 Å². The highest BCUT2D eigenvalue weighted by Crippen LogP contribution is 2.19. The molecule has 0 saturated carbocycles. The molecule has 6 heteroatoms. The Morgan fingerprint density at radius 3 is 3.00 bits per heavy atom. The van der Waals surface area contributed by atoms with Crippen molar-refractivity contribution in [1.82, 2.24) is 19.4 Å². The van der Waals surface area contributed by atoms with Gasteiger partial charge in [-0.25, -0.2) is 4.98 Å². The van der Waals surface area contributed by atoms with Gasteiger partial charge < -0.3 is 9.67 Å². The second-order valence-corrected chi connectivity index (χ2v) is 6.91. The quantitative estimate of drug-likeness (QED) is 0.841. The highest BCUT2D eigenvalue weighted by molar-refractivity contribution is 7.07. The van der Waals surface area contributed by atoms with Crippen LogP contribution in [0, 0.1) is 0 Å². The molecular weight excluding hydrogens is 308 g/mol. The van der Waals surface area contributed by atoms with Crippen LogP contribution in [0.25, 0.3) is 0 Å². The molecule has 5 nitrogen and oxygen atoms in total. The topological polar surface area (TPSA) is 44.5 Å². The zero-order valence-corrected chi connectivity index (χ0v) is 14.6. The Hall–Kier alpha value is -1.21. The van der Waals surface area contributed by atoms with Gasteiger partial charge in [-0.05, 0) is 35.7 Å².